The Labute approximate surface area is 147 Å². The number of nitriles is 1. The van der Waals surface area contributed by atoms with E-state index in [-0.39, 0.29) is 11.6 Å². The topological polar surface area (TPSA) is 48.3 Å². The fraction of sp³-hybridized carbons (Fsp3) is 0.350. The minimum absolute atomic E-state index is 0.0670. The van der Waals surface area contributed by atoms with Crippen molar-refractivity contribution >= 4 is 5.69 Å². The van der Waals surface area contributed by atoms with Gasteiger partial charge in [0.1, 0.15) is 23.2 Å². The Hall–Kier alpha value is -2.58. The number of benzene rings is 2. The van der Waals surface area contributed by atoms with Crippen molar-refractivity contribution in [2.45, 2.75) is 18.9 Å². The number of hydrogen-bond acceptors (Lipinski definition) is 4. The van der Waals surface area contributed by atoms with Gasteiger partial charge in [-0.25, -0.2) is 4.39 Å². The molecule has 5 heteroatoms. The van der Waals surface area contributed by atoms with Gasteiger partial charge in [0.05, 0.1) is 18.8 Å². The zero-order chi connectivity index (χ0) is 17.6. The summed E-state index contributed by atoms with van der Waals surface area (Å²) in [6, 6.07) is 14.9. The molecule has 4 nitrogen and oxygen atoms in total. The summed E-state index contributed by atoms with van der Waals surface area (Å²) in [5.41, 5.74) is 1.79. The van der Waals surface area contributed by atoms with Crippen LogP contribution in [-0.4, -0.2) is 31.6 Å². The number of nitrogens with one attached hydrogen (secondary N) is 1. The number of hydrogen-bond donors (Lipinski definition) is 1. The first-order chi connectivity index (χ1) is 12.2. The highest BCUT2D eigenvalue weighted by Gasteiger charge is 2.23. The van der Waals surface area contributed by atoms with Crippen molar-refractivity contribution in [3.8, 4) is 11.8 Å². The van der Waals surface area contributed by atoms with Crippen LogP contribution in [0.4, 0.5) is 10.1 Å². The van der Waals surface area contributed by atoms with Crippen LogP contribution in [0.25, 0.3) is 0 Å². The van der Waals surface area contributed by atoms with E-state index in [0.717, 1.165) is 18.8 Å². The molecule has 2 aromatic rings. The van der Waals surface area contributed by atoms with Gasteiger partial charge in [-0.15, -0.1) is 0 Å². The highest BCUT2D eigenvalue weighted by Crippen LogP contribution is 2.28. The fourth-order valence-corrected chi connectivity index (χ4v) is 3.33. The third kappa shape index (κ3) is 3.92. The van der Waals surface area contributed by atoms with Crippen molar-refractivity contribution in [3.05, 3.63) is 59.4 Å². The van der Waals surface area contributed by atoms with Crippen LogP contribution >= 0.6 is 0 Å². The van der Waals surface area contributed by atoms with E-state index in [1.54, 1.807) is 19.2 Å². The second kappa shape index (κ2) is 8.00. The van der Waals surface area contributed by atoms with Gasteiger partial charge in [0.25, 0.3) is 0 Å². The van der Waals surface area contributed by atoms with Crippen LogP contribution in [-0.2, 0) is 0 Å². The maximum absolute atomic E-state index is 13.8. The molecule has 0 aliphatic carbocycles. The van der Waals surface area contributed by atoms with E-state index < -0.39 is 5.82 Å². The van der Waals surface area contributed by atoms with E-state index in [2.05, 4.69) is 22.3 Å². The average molecular weight is 339 g/mol. The molecule has 0 aromatic heterocycles. The van der Waals surface area contributed by atoms with E-state index in [1.165, 1.54) is 24.5 Å². The molecule has 1 unspecified atom stereocenters. The predicted octanol–water partition coefficient (Wildman–Crippen LogP) is 3.95. The van der Waals surface area contributed by atoms with Gasteiger partial charge in [0, 0.05) is 6.54 Å². The number of likely N-dealkylation sites (tertiary alicyclic amines) is 1. The second-order valence-electron chi connectivity index (χ2n) is 6.19. The Bertz CT molecular complexity index is 749. The highest BCUT2D eigenvalue weighted by atomic mass is 19.1. The van der Waals surface area contributed by atoms with Crippen LogP contribution in [0.2, 0.25) is 0 Å². The summed E-state index contributed by atoms with van der Waals surface area (Å²) in [5.74, 6) is 0.337. The van der Waals surface area contributed by atoms with E-state index in [0.29, 0.717) is 12.2 Å². The molecule has 2 aromatic carbocycles. The molecular formula is C20H22FN3O. The molecule has 1 heterocycles. The largest absolute Gasteiger partial charge is 0.497 e. The second-order valence-corrected chi connectivity index (χ2v) is 6.19. The Morgan fingerprint density at radius 1 is 1.20 bits per heavy atom. The van der Waals surface area contributed by atoms with Gasteiger partial charge in [-0.2, -0.15) is 5.26 Å². The molecule has 0 saturated carbocycles. The van der Waals surface area contributed by atoms with Crippen LogP contribution < -0.4 is 10.1 Å². The van der Waals surface area contributed by atoms with E-state index in [1.807, 2.05) is 18.2 Å². The molecule has 1 aliphatic heterocycles. The van der Waals surface area contributed by atoms with Crippen LogP contribution in [0.1, 0.15) is 30.0 Å². The maximum atomic E-state index is 13.8. The fourth-order valence-electron chi connectivity index (χ4n) is 3.33. The molecule has 25 heavy (non-hydrogen) atoms. The van der Waals surface area contributed by atoms with Crippen molar-refractivity contribution in [3.63, 3.8) is 0 Å². The van der Waals surface area contributed by atoms with Gasteiger partial charge in [-0.05, 0) is 55.8 Å². The van der Waals surface area contributed by atoms with Crippen molar-refractivity contribution in [1.82, 2.24) is 4.90 Å². The van der Waals surface area contributed by atoms with E-state index in [4.69, 9.17) is 4.74 Å². The lowest BCUT2D eigenvalue weighted by atomic mass is 10.0. The van der Waals surface area contributed by atoms with Crippen LogP contribution in [0.15, 0.2) is 42.5 Å². The number of nitrogens with zero attached hydrogens (tertiary/aromatic N) is 2. The molecule has 1 saturated heterocycles. The Balaban J connectivity index is 1.81. The maximum Gasteiger partial charge on any atom is 0.143 e. The number of methoxy groups -OCH3 is 1. The summed E-state index contributed by atoms with van der Waals surface area (Å²) in [5, 5.41) is 12.5. The first-order valence-electron chi connectivity index (χ1n) is 8.53. The molecule has 1 aliphatic rings. The zero-order valence-electron chi connectivity index (χ0n) is 14.3. The number of anilines is 1. The predicted molar refractivity (Wildman–Crippen MR) is 96.1 cm³/mol. The van der Waals surface area contributed by atoms with Crippen LogP contribution in [0, 0.1) is 17.1 Å². The molecular weight excluding hydrogens is 317 g/mol. The average Bonchev–Trinajstić information content (AvgIpc) is 3.17. The van der Waals surface area contributed by atoms with E-state index in [9.17, 15) is 9.65 Å². The van der Waals surface area contributed by atoms with Gasteiger partial charge in [0.15, 0.2) is 0 Å². The lowest BCUT2D eigenvalue weighted by molar-refractivity contribution is 0.256. The molecule has 1 N–H and O–H groups in total. The molecule has 0 amide bonds. The Morgan fingerprint density at radius 2 is 1.92 bits per heavy atom. The first kappa shape index (κ1) is 17.2. The summed E-state index contributed by atoms with van der Waals surface area (Å²) in [7, 11) is 1.65. The van der Waals surface area contributed by atoms with Crippen molar-refractivity contribution in [2.24, 2.45) is 0 Å². The molecule has 1 fully saturated rings. The SMILES string of the molecule is COc1ccc(C(CNc2cccc(F)c2C#N)N2CCCC2)cc1. The monoisotopic (exact) mass is 339 g/mol. The van der Waals surface area contributed by atoms with Crippen molar-refractivity contribution in [2.75, 3.05) is 32.1 Å². The van der Waals surface area contributed by atoms with Gasteiger partial charge in [-0.1, -0.05) is 18.2 Å². The third-order valence-corrected chi connectivity index (χ3v) is 4.69. The third-order valence-electron chi connectivity index (χ3n) is 4.69. The minimum atomic E-state index is -0.491. The number of halogens is 1. The van der Waals surface area contributed by atoms with Gasteiger partial charge in [0.2, 0.25) is 0 Å². The molecule has 0 spiro atoms. The smallest absolute Gasteiger partial charge is 0.143 e. The Kier molecular flexibility index (Phi) is 5.52. The van der Waals surface area contributed by atoms with Crippen LogP contribution in [0.3, 0.4) is 0 Å². The lowest BCUT2D eigenvalue weighted by Gasteiger charge is -2.29. The summed E-state index contributed by atoms with van der Waals surface area (Å²) >= 11 is 0. The summed E-state index contributed by atoms with van der Waals surface area (Å²) < 4.78 is 19.0. The minimum Gasteiger partial charge on any atom is -0.497 e. The van der Waals surface area contributed by atoms with Gasteiger partial charge < -0.3 is 10.1 Å². The molecule has 130 valence electrons. The molecule has 1 atom stereocenters. The van der Waals surface area contributed by atoms with Crippen LogP contribution in [0.5, 0.6) is 5.75 Å². The zero-order valence-corrected chi connectivity index (χ0v) is 14.3. The molecule has 0 radical (unpaired) electrons. The first-order valence-corrected chi connectivity index (χ1v) is 8.53. The van der Waals surface area contributed by atoms with Gasteiger partial charge >= 0.3 is 0 Å². The molecule has 0 bridgehead atoms. The number of rotatable bonds is 6. The highest BCUT2D eigenvalue weighted by molar-refractivity contribution is 5.58. The normalized spacial score (nSPS) is 15.6. The van der Waals surface area contributed by atoms with E-state index >= 15 is 0 Å². The lowest BCUT2D eigenvalue weighted by Crippen LogP contribution is -2.31. The quantitative estimate of drug-likeness (QED) is 0.865. The molecule has 3 rings (SSSR count). The van der Waals surface area contributed by atoms with Gasteiger partial charge in [-0.3, -0.25) is 4.90 Å². The standard InChI is InChI=1S/C20H22FN3O/c1-25-16-9-7-15(8-10-16)20(24-11-2-3-12-24)14-23-19-6-4-5-18(21)17(19)13-22/h4-10,20,23H,2-3,11-12,14H2,1H3. The van der Waals surface area contributed by atoms with Crippen molar-refractivity contribution < 1.29 is 9.13 Å². The summed E-state index contributed by atoms with van der Waals surface area (Å²) in [4.78, 5) is 2.43. The summed E-state index contributed by atoms with van der Waals surface area (Å²) in [6.45, 7) is 2.71. The number of ether oxygens (including phenoxy) is 1. The summed E-state index contributed by atoms with van der Waals surface area (Å²) in [6.07, 6.45) is 2.38. The Morgan fingerprint density at radius 3 is 2.56 bits per heavy atom. The van der Waals surface area contributed by atoms with Crippen molar-refractivity contribution in [1.29, 1.82) is 5.26 Å².